The summed E-state index contributed by atoms with van der Waals surface area (Å²) in [7, 11) is 2.67. The lowest BCUT2D eigenvalue weighted by atomic mass is 9.91. The van der Waals surface area contributed by atoms with Crippen LogP contribution < -0.4 is 0 Å². The standard InChI is InChI=1S/C10H20O4Si/c1-11-15(12-2,13-3)7-8-4-5-9-10(6-8)14-9/h8-10H,4-7H2,1-3H3. The predicted molar refractivity (Wildman–Crippen MR) is 57.6 cm³/mol. The molecule has 1 heterocycles. The van der Waals surface area contributed by atoms with Crippen molar-refractivity contribution in [2.75, 3.05) is 21.3 Å². The maximum absolute atomic E-state index is 5.52. The van der Waals surface area contributed by atoms with E-state index in [2.05, 4.69) is 0 Å². The molecule has 0 radical (unpaired) electrons. The summed E-state index contributed by atoms with van der Waals surface area (Å²) in [6.45, 7) is 0. The quantitative estimate of drug-likeness (QED) is 0.531. The maximum Gasteiger partial charge on any atom is 0.500 e. The number of rotatable bonds is 5. The Morgan fingerprint density at radius 2 is 1.73 bits per heavy atom. The lowest BCUT2D eigenvalue weighted by Crippen LogP contribution is -2.45. The first kappa shape index (κ1) is 11.5. The SMILES string of the molecule is CO[Si](CC1CCC2OC2C1)(OC)OC. The smallest absolute Gasteiger partial charge is 0.377 e. The molecule has 2 rings (SSSR count). The first-order valence-corrected chi connectivity index (χ1v) is 7.47. The monoisotopic (exact) mass is 232 g/mol. The van der Waals surface area contributed by atoms with Crippen molar-refractivity contribution in [3.63, 3.8) is 0 Å². The number of hydrogen-bond donors (Lipinski definition) is 0. The third-order valence-electron chi connectivity index (χ3n) is 3.58. The third kappa shape index (κ3) is 2.42. The summed E-state index contributed by atoms with van der Waals surface area (Å²) in [6, 6.07) is 0.920. The van der Waals surface area contributed by atoms with Crippen LogP contribution in [0.1, 0.15) is 19.3 Å². The molecule has 4 nitrogen and oxygen atoms in total. The van der Waals surface area contributed by atoms with E-state index in [1.807, 2.05) is 0 Å². The van der Waals surface area contributed by atoms with Gasteiger partial charge >= 0.3 is 8.80 Å². The highest BCUT2D eigenvalue weighted by Crippen LogP contribution is 2.42. The second-order valence-electron chi connectivity index (χ2n) is 4.39. The third-order valence-corrected chi connectivity index (χ3v) is 6.53. The average molecular weight is 232 g/mol. The molecule has 1 saturated carbocycles. The molecule has 2 fully saturated rings. The Labute approximate surface area is 92.2 Å². The van der Waals surface area contributed by atoms with Gasteiger partial charge in [-0.3, -0.25) is 0 Å². The predicted octanol–water partition coefficient (Wildman–Crippen LogP) is 1.43. The molecule has 1 aliphatic heterocycles. The van der Waals surface area contributed by atoms with Gasteiger partial charge < -0.3 is 18.0 Å². The molecule has 3 atom stereocenters. The zero-order valence-electron chi connectivity index (χ0n) is 9.69. The largest absolute Gasteiger partial charge is 0.500 e. The van der Waals surface area contributed by atoms with E-state index < -0.39 is 8.80 Å². The first-order chi connectivity index (χ1) is 7.23. The van der Waals surface area contributed by atoms with Gasteiger partial charge in [-0.05, 0) is 25.2 Å². The van der Waals surface area contributed by atoms with Crippen molar-refractivity contribution < 1.29 is 18.0 Å². The molecule has 0 N–H and O–H groups in total. The Bertz CT molecular complexity index is 211. The van der Waals surface area contributed by atoms with Gasteiger partial charge in [0.25, 0.3) is 0 Å². The van der Waals surface area contributed by atoms with Gasteiger partial charge in [0.15, 0.2) is 0 Å². The molecule has 5 heteroatoms. The second-order valence-corrected chi connectivity index (χ2v) is 7.39. The van der Waals surface area contributed by atoms with Gasteiger partial charge in [-0.1, -0.05) is 0 Å². The Morgan fingerprint density at radius 1 is 1.07 bits per heavy atom. The van der Waals surface area contributed by atoms with E-state index in [1.165, 1.54) is 12.8 Å². The summed E-state index contributed by atoms with van der Waals surface area (Å²) in [6.07, 6.45) is 4.63. The first-order valence-electron chi connectivity index (χ1n) is 5.54. The fraction of sp³-hybridized carbons (Fsp3) is 1.00. The van der Waals surface area contributed by atoms with Crippen molar-refractivity contribution in [3.8, 4) is 0 Å². The van der Waals surface area contributed by atoms with Crippen LogP contribution in [-0.2, 0) is 18.0 Å². The van der Waals surface area contributed by atoms with Crippen molar-refractivity contribution in [3.05, 3.63) is 0 Å². The number of hydrogen-bond acceptors (Lipinski definition) is 4. The van der Waals surface area contributed by atoms with Crippen molar-refractivity contribution in [2.45, 2.75) is 37.5 Å². The molecule has 1 saturated heterocycles. The van der Waals surface area contributed by atoms with Gasteiger partial charge in [0, 0.05) is 27.4 Å². The molecule has 0 spiro atoms. The van der Waals surface area contributed by atoms with Crippen LogP contribution in [0.5, 0.6) is 0 Å². The van der Waals surface area contributed by atoms with Crippen molar-refractivity contribution in [2.24, 2.45) is 5.92 Å². The minimum absolute atomic E-state index is 0.515. The molecule has 15 heavy (non-hydrogen) atoms. The van der Waals surface area contributed by atoms with Crippen LogP contribution in [0.4, 0.5) is 0 Å². The number of fused-ring (bicyclic) bond motifs is 1. The lowest BCUT2D eigenvalue weighted by Gasteiger charge is -2.29. The highest BCUT2D eigenvalue weighted by atomic mass is 28.4. The van der Waals surface area contributed by atoms with Gasteiger partial charge in [-0.2, -0.15) is 0 Å². The Hall–Kier alpha value is 0.0569. The zero-order valence-corrected chi connectivity index (χ0v) is 10.7. The highest BCUT2D eigenvalue weighted by Gasteiger charge is 2.48. The van der Waals surface area contributed by atoms with Crippen LogP contribution >= 0.6 is 0 Å². The van der Waals surface area contributed by atoms with Crippen molar-refractivity contribution >= 4 is 8.80 Å². The van der Waals surface area contributed by atoms with Gasteiger partial charge in [-0.15, -0.1) is 0 Å². The molecule has 0 amide bonds. The van der Waals surface area contributed by atoms with E-state index in [1.54, 1.807) is 21.3 Å². The summed E-state index contributed by atoms with van der Waals surface area (Å²) in [5, 5.41) is 0. The molecule has 2 aliphatic rings. The Balaban J connectivity index is 1.87. The van der Waals surface area contributed by atoms with Crippen molar-refractivity contribution in [1.29, 1.82) is 0 Å². The molecular formula is C10H20O4Si. The van der Waals surface area contributed by atoms with Crippen LogP contribution in [0.2, 0.25) is 6.04 Å². The molecule has 1 aliphatic carbocycles. The van der Waals surface area contributed by atoms with E-state index in [-0.39, 0.29) is 0 Å². The van der Waals surface area contributed by atoms with Gasteiger partial charge in [0.05, 0.1) is 12.2 Å². The number of epoxide rings is 1. The fourth-order valence-electron chi connectivity index (χ4n) is 2.53. The summed E-state index contributed by atoms with van der Waals surface area (Å²) in [5.41, 5.74) is 0. The average Bonchev–Trinajstić information content (AvgIpc) is 3.04. The van der Waals surface area contributed by atoms with Crippen LogP contribution in [-0.4, -0.2) is 42.3 Å². The lowest BCUT2D eigenvalue weighted by molar-refractivity contribution is 0.115. The second kappa shape index (κ2) is 4.51. The normalized spacial score (nSPS) is 35.0. The Morgan fingerprint density at radius 3 is 2.27 bits per heavy atom. The fourth-order valence-corrected chi connectivity index (χ4v) is 4.60. The van der Waals surface area contributed by atoms with E-state index in [9.17, 15) is 0 Å². The van der Waals surface area contributed by atoms with E-state index in [0.717, 1.165) is 12.5 Å². The van der Waals surface area contributed by atoms with E-state index >= 15 is 0 Å². The maximum atomic E-state index is 5.52. The highest BCUT2D eigenvalue weighted by molar-refractivity contribution is 6.60. The summed E-state index contributed by atoms with van der Waals surface area (Å²) in [4.78, 5) is 0. The van der Waals surface area contributed by atoms with Gasteiger partial charge in [-0.25, -0.2) is 0 Å². The summed E-state index contributed by atoms with van der Waals surface area (Å²) < 4.78 is 21.8. The van der Waals surface area contributed by atoms with E-state index in [4.69, 9.17) is 18.0 Å². The van der Waals surface area contributed by atoms with Crippen molar-refractivity contribution in [1.82, 2.24) is 0 Å². The molecule has 0 bridgehead atoms. The molecular weight excluding hydrogens is 212 g/mol. The molecule has 0 aromatic carbocycles. The molecule has 0 aromatic heterocycles. The van der Waals surface area contributed by atoms with E-state index in [0.29, 0.717) is 18.1 Å². The Kier molecular flexibility index (Phi) is 3.47. The van der Waals surface area contributed by atoms with Gasteiger partial charge in [0.2, 0.25) is 0 Å². The van der Waals surface area contributed by atoms with Crippen LogP contribution in [0.25, 0.3) is 0 Å². The molecule has 0 aromatic rings. The van der Waals surface area contributed by atoms with Crippen LogP contribution in [0.3, 0.4) is 0 Å². The van der Waals surface area contributed by atoms with Crippen LogP contribution in [0, 0.1) is 5.92 Å². The minimum atomic E-state index is -2.37. The molecule has 88 valence electrons. The molecule has 3 unspecified atom stereocenters. The summed E-state index contributed by atoms with van der Waals surface area (Å²) >= 11 is 0. The van der Waals surface area contributed by atoms with Gasteiger partial charge in [0.1, 0.15) is 0 Å². The summed E-state index contributed by atoms with van der Waals surface area (Å²) in [5.74, 6) is 0.639. The van der Waals surface area contributed by atoms with Crippen LogP contribution in [0.15, 0.2) is 0 Å². The topological polar surface area (TPSA) is 40.2 Å². The number of ether oxygens (including phenoxy) is 1. The minimum Gasteiger partial charge on any atom is -0.377 e. The zero-order chi connectivity index (χ0) is 10.9.